The first-order valence-electron chi connectivity index (χ1n) is 4.36. The van der Waals surface area contributed by atoms with E-state index in [1.165, 1.54) is 5.56 Å². The second kappa shape index (κ2) is 5.95. The van der Waals surface area contributed by atoms with Crippen LogP contribution in [0.4, 0.5) is 17.6 Å². The Morgan fingerprint density at radius 2 is 1.62 bits per heavy atom. The van der Waals surface area contributed by atoms with Gasteiger partial charge < -0.3 is 4.74 Å². The maximum Gasteiger partial charge on any atom is 0.334 e. The van der Waals surface area contributed by atoms with E-state index >= 15 is 0 Å². The smallest absolute Gasteiger partial charge is 0.334 e. The van der Waals surface area contributed by atoms with Crippen molar-refractivity contribution in [3.8, 4) is 5.75 Å². The van der Waals surface area contributed by atoms with E-state index in [-0.39, 0.29) is 0 Å². The van der Waals surface area contributed by atoms with Crippen LogP contribution < -0.4 is 4.74 Å². The van der Waals surface area contributed by atoms with Crippen LogP contribution >= 0.6 is 0 Å². The van der Waals surface area contributed by atoms with E-state index in [2.05, 4.69) is 6.08 Å². The van der Waals surface area contributed by atoms with E-state index < -0.39 is 12.2 Å². The Morgan fingerprint density at radius 1 is 1.00 bits per heavy atom. The molecule has 0 aliphatic carbocycles. The van der Waals surface area contributed by atoms with Gasteiger partial charge in [-0.05, 0) is 12.1 Å². The third kappa shape index (κ3) is 3.76. The first-order valence-corrected chi connectivity index (χ1v) is 4.36. The summed E-state index contributed by atoms with van der Waals surface area (Å²) in [5, 5.41) is 0. The van der Waals surface area contributed by atoms with Gasteiger partial charge >= 0.3 is 12.2 Å². The van der Waals surface area contributed by atoms with Crippen LogP contribution in [0.1, 0.15) is 5.56 Å². The number of benzene rings is 1. The van der Waals surface area contributed by atoms with Crippen molar-refractivity contribution < 1.29 is 22.3 Å². The fourth-order valence-corrected chi connectivity index (χ4v) is 1.06. The molecular formula is C11H8F4O. The molecule has 0 amide bonds. The molecular weight excluding hydrogens is 224 g/mol. The molecule has 0 spiro atoms. The standard InChI is InChI=1S/C9H8O.C2F4/c1-2-6-9-8(4-1)5-3-7-10-9;3-1(4)2(5)6/h1-6H,7H2;. The van der Waals surface area contributed by atoms with Crippen molar-refractivity contribution >= 4 is 6.08 Å². The summed E-state index contributed by atoms with van der Waals surface area (Å²) in [4.78, 5) is 0. The van der Waals surface area contributed by atoms with Gasteiger partial charge in [-0.25, -0.2) is 0 Å². The normalized spacial score (nSPS) is 11.8. The Morgan fingerprint density at radius 3 is 2.19 bits per heavy atom. The van der Waals surface area contributed by atoms with E-state index in [4.69, 9.17) is 4.74 Å². The zero-order valence-electron chi connectivity index (χ0n) is 8.09. The third-order valence-corrected chi connectivity index (χ3v) is 1.69. The first-order chi connectivity index (χ1) is 7.61. The highest BCUT2D eigenvalue weighted by Gasteiger charge is 2.01. The minimum atomic E-state index is -2.91. The van der Waals surface area contributed by atoms with Gasteiger partial charge in [-0.2, -0.15) is 17.6 Å². The van der Waals surface area contributed by atoms with Crippen molar-refractivity contribution in [2.75, 3.05) is 6.61 Å². The molecule has 0 unspecified atom stereocenters. The van der Waals surface area contributed by atoms with E-state index in [0.717, 1.165) is 5.75 Å². The Kier molecular flexibility index (Phi) is 4.57. The number of hydrogen-bond acceptors (Lipinski definition) is 1. The minimum absolute atomic E-state index is 0.705. The lowest BCUT2D eigenvalue weighted by Gasteiger charge is -2.10. The molecule has 2 rings (SSSR count). The minimum Gasteiger partial charge on any atom is -0.489 e. The molecule has 16 heavy (non-hydrogen) atoms. The maximum absolute atomic E-state index is 10.3. The van der Waals surface area contributed by atoms with Crippen molar-refractivity contribution in [2.24, 2.45) is 0 Å². The summed E-state index contributed by atoms with van der Waals surface area (Å²) in [6.45, 7) is 0.705. The average Bonchev–Trinajstić information content (AvgIpc) is 2.30. The van der Waals surface area contributed by atoms with Gasteiger partial charge in [0.25, 0.3) is 0 Å². The van der Waals surface area contributed by atoms with E-state index in [0.29, 0.717) is 6.61 Å². The first kappa shape index (κ1) is 12.3. The monoisotopic (exact) mass is 232 g/mol. The number of fused-ring (bicyclic) bond motifs is 1. The lowest BCUT2D eigenvalue weighted by molar-refractivity contribution is 0.308. The molecule has 86 valence electrons. The third-order valence-electron chi connectivity index (χ3n) is 1.69. The molecule has 1 heterocycles. The number of hydrogen-bond donors (Lipinski definition) is 0. The van der Waals surface area contributed by atoms with Crippen molar-refractivity contribution in [3.05, 3.63) is 48.1 Å². The molecule has 0 fully saturated rings. The highest BCUT2D eigenvalue weighted by Crippen LogP contribution is 2.21. The molecule has 0 saturated heterocycles. The van der Waals surface area contributed by atoms with Gasteiger partial charge in [0.15, 0.2) is 0 Å². The summed E-state index contributed by atoms with van der Waals surface area (Å²) >= 11 is 0. The van der Waals surface area contributed by atoms with Crippen molar-refractivity contribution in [1.82, 2.24) is 0 Å². The van der Waals surface area contributed by atoms with Crippen LogP contribution in [-0.2, 0) is 0 Å². The number of rotatable bonds is 0. The van der Waals surface area contributed by atoms with Gasteiger partial charge in [0.05, 0.1) is 0 Å². The fraction of sp³-hybridized carbons (Fsp3) is 0.0909. The van der Waals surface area contributed by atoms with E-state index in [9.17, 15) is 17.6 Å². The Labute approximate surface area is 89.7 Å². The largest absolute Gasteiger partial charge is 0.489 e. The van der Waals surface area contributed by atoms with Gasteiger partial charge in [0.2, 0.25) is 0 Å². The van der Waals surface area contributed by atoms with Crippen LogP contribution in [0.3, 0.4) is 0 Å². The second-order valence-corrected chi connectivity index (χ2v) is 2.77. The van der Waals surface area contributed by atoms with E-state index in [1.807, 2.05) is 30.3 Å². The second-order valence-electron chi connectivity index (χ2n) is 2.77. The molecule has 0 aromatic heterocycles. The molecule has 0 bridgehead atoms. The quantitative estimate of drug-likeness (QED) is 0.612. The van der Waals surface area contributed by atoms with Crippen LogP contribution in [0, 0.1) is 0 Å². The fourth-order valence-electron chi connectivity index (χ4n) is 1.06. The van der Waals surface area contributed by atoms with Gasteiger partial charge in [0, 0.05) is 5.56 Å². The summed E-state index contributed by atoms with van der Waals surface area (Å²) in [5.41, 5.74) is 1.17. The molecule has 0 saturated carbocycles. The maximum atomic E-state index is 10.3. The van der Waals surface area contributed by atoms with Gasteiger partial charge in [-0.3, -0.25) is 0 Å². The number of para-hydroxylation sites is 1. The Bertz CT molecular complexity index is 394. The van der Waals surface area contributed by atoms with Crippen molar-refractivity contribution in [2.45, 2.75) is 0 Å². The van der Waals surface area contributed by atoms with Crippen molar-refractivity contribution in [1.29, 1.82) is 0 Å². The van der Waals surface area contributed by atoms with Crippen LogP contribution in [-0.4, -0.2) is 6.61 Å². The highest BCUT2D eigenvalue weighted by molar-refractivity contribution is 5.58. The van der Waals surface area contributed by atoms with Gasteiger partial charge in [0.1, 0.15) is 12.4 Å². The average molecular weight is 232 g/mol. The van der Waals surface area contributed by atoms with Crippen molar-refractivity contribution in [3.63, 3.8) is 0 Å². The molecule has 0 atom stereocenters. The molecule has 5 heteroatoms. The summed E-state index contributed by atoms with van der Waals surface area (Å²) in [6, 6.07) is 8.03. The van der Waals surface area contributed by atoms with Gasteiger partial charge in [-0.15, -0.1) is 0 Å². The molecule has 1 nitrogen and oxygen atoms in total. The highest BCUT2D eigenvalue weighted by atomic mass is 19.3. The predicted octanol–water partition coefficient (Wildman–Crippen LogP) is 4.08. The molecule has 1 aromatic carbocycles. The summed E-state index contributed by atoms with van der Waals surface area (Å²) in [5.74, 6) is 0.991. The Hall–Kier alpha value is -1.78. The number of ether oxygens (including phenoxy) is 1. The van der Waals surface area contributed by atoms with Crippen LogP contribution in [0.15, 0.2) is 42.5 Å². The zero-order valence-corrected chi connectivity index (χ0v) is 8.09. The summed E-state index contributed by atoms with van der Waals surface area (Å²) in [7, 11) is 0. The molecule has 1 aromatic rings. The van der Waals surface area contributed by atoms with Crippen LogP contribution in [0.25, 0.3) is 6.08 Å². The lowest BCUT2D eigenvalue weighted by Crippen LogP contribution is -1.98. The topological polar surface area (TPSA) is 9.23 Å². The lowest BCUT2D eigenvalue weighted by atomic mass is 10.1. The molecule has 0 N–H and O–H groups in total. The SMILES string of the molecule is C1=Cc2ccccc2OC1.FC(F)=C(F)F. The summed E-state index contributed by atoms with van der Waals surface area (Å²) < 4.78 is 46.5. The Balaban J connectivity index is 0.000000187. The molecule has 0 radical (unpaired) electrons. The number of halogens is 4. The molecule has 1 aliphatic rings. The summed E-state index contributed by atoms with van der Waals surface area (Å²) in [6.07, 6.45) is -1.72. The zero-order chi connectivity index (χ0) is 12.0. The van der Waals surface area contributed by atoms with Crippen LogP contribution in [0.5, 0.6) is 5.75 Å². The predicted molar refractivity (Wildman–Crippen MR) is 52.4 cm³/mol. The molecule has 1 aliphatic heterocycles. The van der Waals surface area contributed by atoms with Gasteiger partial charge in [-0.1, -0.05) is 24.3 Å². The van der Waals surface area contributed by atoms with Crippen LogP contribution in [0.2, 0.25) is 0 Å². The van der Waals surface area contributed by atoms with E-state index in [1.54, 1.807) is 0 Å².